The Morgan fingerprint density at radius 2 is 2.05 bits per heavy atom. The summed E-state index contributed by atoms with van der Waals surface area (Å²) in [6, 6.07) is 7.27. The van der Waals surface area contributed by atoms with E-state index >= 15 is 0 Å². The Hall–Kier alpha value is -2.97. The number of aromatic nitrogens is 4. The van der Waals surface area contributed by atoms with Crippen LogP contribution in [0.3, 0.4) is 0 Å². The average Bonchev–Trinajstić information content (AvgIpc) is 2.84. The van der Waals surface area contributed by atoms with Crippen LogP contribution in [0.25, 0.3) is 0 Å². The molecule has 0 saturated carbocycles. The summed E-state index contributed by atoms with van der Waals surface area (Å²) in [7, 11) is 1.55. The summed E-state index contributed by atoms with van der Waals surface area (Å²) in [6.45, 7) is 0. The lowest BCUT2D eigenvalue weighted by atomic mass is 10.1. The molecule has 0 radical (unpaired) electrons. The highest BCUT2D eigenvalue weighted by Crippen LogP contribution is 2.04. The first-order valence-electron chi connectivity index (χ1n) is 6.13. The number of nitrogens with zero attached hydrogens (tertiary/aromatic N) is 4. The van der Waals surface area contributed by atoms with E-state index < -0.39 is 18.0 Å². The molecule has 2 amide bonds. The molecule has 2 aromatic rings. The first-order chi connectivity index (χ1) is 10.0. The lowest BCUT2D eigenvalue weighted by Gasteiger charge is -2.14. The van der Waals surface area contributed by atoms with Crippen molar-refractivity contribution in [3.63, 3.8) is 0 Å². The molecule has 0 spiro atoms. The zero-order chi connectivity index (χ0) is 15.2. The number of carbonyl (C=O) groups excluding carboxylic acids is 1. The van der Waals surface area contributed by atoms with Crippen LogP contribution in [0, 0.1) is 0 Å². The summed E-state index contributed by atoms with van der Waals surface area (Å²) in [5, 5.41) is 24.7. The van der Waals surface area contributed by atoms with Crippen LogP contribution in [0.1, 0.15) is 5.56 Å². The summed E-state index contributed by atoms with van der Waals surface area (Å²) in [6.07, 6.45) is 0.178. The number of amides is 2. The van der Waals surface area contributed by atoms with E-state index in [9.17, 15) is 9.59 Å². The number of nitrogens with one attached hydrogen (secondary N) is 2. The monoisotopic (exact) mass is 290 g/mol. The third-order valence-corrected chi connectivity index (χ3v) is 2.62. The number of carboxylic acid groups (broad SMARTS) is 1. The third kappa shape index (κ3) is 4.27. The summed E-state index contributed by atoms with van der Waals surface area (Å²) in [5.74, 6) is -1.13. The molecule has 110 valence electrons. The Balaban J connectivity index is 1.96. The highest BCUT2D eigenvalue weighted by atomic mass is 16.4. The van der Waals surface area contributed by atoms with Crippen LogP contribution >= 0.6 is 0 Å². The molecule has 3 N–H and O–H groups in total. The molecule has 0 unspecified atom stereocenters. The molecule has 21 heavy (non-hydrogen) atoms. The topological polar surface area (TPSA) is 122 Å². The number of tetrazole rings is 1. The Labute approximate surface area is 120 Å². The largest absolute Gasteiger partial charge is 0.480 e. The zero-order valence-corrected chi connectivity index (χ0v) is 11.2. The summed E-state index contributed by atoms with van der Waals surface area (Å²) >= 11 is 0. The van der Waals surface area contributed by atoms with Gasteiger partial charge in [-0.15, -0.1) is 5.10 Å². The Kier molecular flexibility index (Phi) is 4.44. The quantitative estimate of drug-likeness (QED) is 0.714. The number of rotatable bonds is 5. The van der Waals surface area contributed by atoms with E-state index in [2.05, 4.69) is 26.0 Å². The maximum atomic E-state index is 11.7. The number of hydrogen-bond donors (Lipinski definition) is 3. The number of urea groups is 1. The van der Waals surface area contributed by atoms with Gasteiger partial charge in [0, 0.05) is 6.42 Å². The first kappa shape index (κ1) is 14.4. The second-order valence-electron chi connectivity index (χ2n) is 4.28. The summed E-state index contributed by atoms with van der Waals surface area (Å²) in [4.78, 5) is 24.1. The lowest BCUT2D eigenvalue weighted by molar-refractivity contribution is -0.139. The van der Waals surface area contributed by atoms with Crippen molar-refractivity contribution in [1.29, 1.82) is 0 Å². The molecular formula is C12H14N6O3. The van der Waals surface area contributed by atoms with E-state index in [0.717, 1.165) is 5.56 Å². The molecule has 2 rings (SSSR count). The molecule has 1 aromatic carbocycles. The number of hydrogen-bond acceptors (Lipinski definition) is 5. The molecule has 9 nitrogen and oxygen atoms in total. The van der Waals surface area contributed by atoms with E-state index in [1.54, 1.807) is 31.3 Å². The van der Waals surface area contributed by atoms with Crippen LogP contribution in [0.4, 0.5) is 10.7 Å². The molecule has 0 aliphatic rings. The fourth-order valence-electron chi connectivity index (χ4n) is 1.68. The number of aliphatic carboxylic acids is 1. The van der Waals surface area contributed by atoms with Gasteiger partial charge in [0.1, 0.15) is 6.04 Å². The van der Waals surface area contributed by atoms with Gasteiger partial charge in [0.25, 0.3) is 5.95 Å². The van der Waals surface area contributed by atoms with E-state index in [1.807, 2.05) is 6.07 Å². The van der Waals surface area contributed by atoms with Crippen molar-refractivity contribution in [2.45, 2.75) is 12.5 Å². The van der Waals surface area contributed by atoms with Gasteiger partial charge in [0.15, 0.2) is 0 Å². The van der Waals surface area contributed by atoms with Crippen molar-refractivity contribution in [2.24, 2.45) is 7.05 Å². The van der Waals surface area contributed by atoms with Crippen LogP contribution in [-0.4, -0.2) is 43.4 Å². The van der Waals surface area contributed by atoms with Gasteiger partial charge in [-0.3, -0.25) is 5.32 Å². The van der Waals surface area contributed by atoms with Crippen molar-refractivity contribution in [3.8, 4) is 0 Å². The number of anilines is 1. The molecule has 0 bridgehead atoms. The smallest absolute Gasteiger partial charge is 0.326 e. The van der Waals surface area contributed by atoms with E-state index in [0.29, 0.717) is 0 Å². The van der Waals surface area contributed by atoms with E-state index in [1.165, 1.54) is 4.80 Å². The maximum Gasteiger partial charge on any atom is 0.326 e. The SMILES string of the molecule is Cn1nnc(NC(=O)N[C@@H](Cc2ccccc2)C(=O)O)n1. The van der Waals surface area contributed by atoms with Crippen molar-refractivity contribution in [3.05, 3.63) is 35.9 Å². The van der Waals surface area contributed by atoms with Crippen LogP contribution in [0.5, 0.6) is 0 Å². The third-order valence-electron chi connectivity index (χ3n) is 2.62. The highest BCUT2D eigenvalue weighted by Gasteiger charge is 2.21. The number of carboxylic acids is 1. The first-order valence-corrected chi connectivity index (χ1v) is 6.13. The van der Waals surface area contributed by atoms with Crippen LogP contribution in [0.15, 0.2) is 30.3 Å². The molecule has 1 heterocycles. The number of aryl methyl sites for hydroxylation is 1. The number of carbonyl (C=O) groups is 2. The van der Waals surface area contributed by atoms with E-state index in [4.69, 9.17) is 5.11 Å². The molecule has 0 aliphatic carbocycles. The van der Waals surface area contributed by atoms with Gasteiger partial charge in [-0.2, -0.15) is 4.80 Å². The minimum atomic E-state index is -1.12. The van der Waals surface area contributed by atoms with Crippen molar-refractivity contribution in [1.82, 2.24) is 25.5 Å². The second kappa shape index (κ2) is 6.46. The minimum absolute atomic E-state index is 0.00106. The van der Waals surface area contributed by atoms with Gasteiger partial charge in [-0.25, -0.2) is 9.59 Å². The normalized spacial score (nSPS) is 11.7. The van der Waals surface area contributed by atoms with Gasteiger partial charge in [0.2, 0.25) is 0 Å². The fourth-order valence-corrected chi connectivity index (χ4v) is 1.68. The van der Waals surface area contributed by atoms with Gasteiger partial charge in [0.05, 0.1) is 7.05 Å². The van der Waals surface area contributed by atoms with Crippen molar-refractivity contribution >= 4 is 17.9 Å². The average molecular weight is 290 g/mol. The van der Waals surface area contributed by atoms with Gasteiger partial charge in [-0.1, -0.05) is 35.4 Å². The fraction of sp³-hybridized carbons (Fsp3) is 0.250. The molecular weight excluding hydrogens is 276 g/mol. The zero-order valence-electron chi connectivity index (χ0n) is 11.2. The van der Waals surface area contributed by atoms with Crippen LogP contribution in [0.2, 0.25) is 0 Å². The molecule has 0 fully saturated rings. The Morgan fingerprint density at radius 1 is 1.33 bits per heavy atom. The Morgan fingerprint density at radius 3 is 2.62 bits per heavy atom. The van der Waals surface area contributed by atoms with Gasteiger partial charge in [-0.05, 0) is 10.8 Å². The molecule has 1 aromatic heterocycles. The van der Waals surface area contributed by atoms with Gasteiger partial charge >= 0.3 is 12.0 Å². The molecule has 1 atom stereocenters. The highest BCUT2D eigenvalue weighted by molar-refractivity contribution is 5.90. The predicted molar refractivity (Wildman–Crippen MR) is 72.5 cm³/mol. The number of benzene rings is 1. The van der Waals surface area contributed by atoms with Crippen LogP contribution in [-0.2, 0) is 18.3 Å². The maximum absolute atomic E-state index is 11.7. The standard InChI is InChI=1S/C12H14N6O3/c1-18-16-11(15-17-18)14-12(21)13-9(10(19)20)7-8-5-3-2-4-6-8/h2-6,9H,7H2,1H3,(H,19,20)(H2,13,14,16,21)/t9-/m0/s1. The minimum Gasteiger partial charge on any atom is -0.480 e. The molecule has 9 heteroatoms. The Bertz CT molecular complexity index is 627. The summed E-state index contributed by atoms with van der Waals surface area (Å²) in [5.41, 5.74) is 0.808. The molecule has 0 aliphatic heterocycles. The predicted octanol–water partition coefficient (Wildman–Crippen LogP) is 0.0275. The van der Waals surface area contributed by atoms with Gasteiger partial charge < -0.3 is 10.4 Å². The van der Waals surface area contributed by atoms with Crippen LogP contribution < -0.4 is 10.6 Å². The second-order valence-corrected chi connectivity index (χ2v) is 4.28. The molecule has 0 saturated heterocycles. The van der Waals surface area contributed by atoms with Crippen molar-refractivity contribution < 1.29 is 14.7 Å². The van der Waals surface area contributed by atoms with E-state index in [-0.39, 0.29) is 12.4 Å². The summed E-state index contributed by atoms with van der Waals surface area (Å²) < 4.78 is 0. The lowest BCUT2D eigenvalue weighted by Crippen LogP contribution is -2.44. The van der Waals surface area contributed by atoms with Crippen molar-refractivity contribution in [2.75, 3.05) is 5.32 Å².